The Morgan fingerprint density at radius 3 is 3.15 bits per heavy atom. The molecule has 5 heteroatoms. The molecule has 2 aliphatic rings. The van der Waals surface area contributed by atoms with Gasteiger partial charge in [0.05, 0.1) is 0 Å². The van der Waals surface area contributed by atoms with E-state index in [0.717, 1.165) is 13.0 Å². The van der Waals surface area contributed by atoms with E-state index in [1.54, 1.807) is 0 Å². The van der Waals surface area contributed by atoms with Crippen LogP contribution in [0.5, 0.6) is 0 Å². The van der Waals surface area contributed by atoms with Crippen LogP contribution < -0.4 is 5.32 Å². The molecule has 1 aliphatic heterocycles. The number of carbonyl (C=O) groups excluding carboxylic acids is 1. The van der Waals surface area contributed by atoms with Gasteiger partial charge in [0.1, 0.15) is 0 Å². The first kappa shape index (κ1) is 8.87. The zero-order chi connectivity index (χ0) is 9.26. The van der Waals surface area contributed by atoms with E-state index in [4.69, 9.17) is 5.31 Å². The number of fused-ring (bicyclic) bond motifs is 1. The molecular weight excluding hydrogens is 167 g/mol. The topological polar surface area (TPSA) is 62.2 Å². The van der Waals surface area contributed by atoms with Gasteiger partial charge in [-0.15, -0.1) is 0 Å². The second-order valence-electron chi connectivity index (χ2n) is 3.80. The number of hydrogen-bond donors (Lipinski definition) is 2. The SMILES string of the molecule is N=BOC(=O)[C@H]1NC[C@@H]2CCC[C@@H]21. The Balaban J connectivity index is 2.00. The fourth-order valence-electron chi connectivity index (χ4n) is 2.58. The van der Waals surface area contributed by atoms with E-state index in [2.05, 4.69) is 9.97 Å². The van der Waals surface area contributed by atoms with Gasteiger partial charge in [0.15, 0.2) is 0 Å². The maximum atomic E-state index is 11.4. The van der Waals surface area contributed by atoms with Crippen LogP contribution in [-0.4, -0.2) is 25.8 Å². The predicted molar refractivity (Wildman–Crippen MR) is 47.2 cm³/mol. The van der Waals surface area contributed by atoms with Crippen molar-refractivity contribution in [2.45, 2.75) is 25.3 Å². The third-order valence-electron chi connectivity index (χ3n) is 3.17. The molecule has 70 valence electrons. The first-order chi connectivity index (χ1) is 6.33. The molecule has 0 aromatic heterocycles. The predicted octanol–water partition coefficient (Wildman–Crippen LogP) is 0.299. The van der Waals surface area contributed by atoms with E-state index in [0.29, 0.717) is 19.1 Å². The molecule has 2 fully saturated rings. The van der Waals surface area contributed by atoms with E-state index in [1.165, 1.54) is 12.8 Å². The summed E-state index contributed by atoms with van der Waals surface area (Å²) in [5, 5.41) is 9.86. The standard InChI is InChI=1S/C8H13BN2O2/c10-9-13-8(12)7-6-3-1-2-5(6)4-11-7/h5-7,10-11H,1-4H2/t5-,6-,7-/m0/s1. The second-order valence-corrected chi connectivity index (χ2v) is 3.80. The summed E-state index contributed by atoms with van der Waals surface area (Å²) in [4.78, 5) is 11.4. The van der Waals surface area contributed by atoms with Gasteiger partial charge < -0.3 is 0 Å². The van der Waals surface area contributed by atoms with E-state index in [1.807, 2.05) is 0 Å². The molecule has 0 bridgehead atoms. The minimum atomic E-state index is -0.288. The van der Waals surface area contributed by atoms with Gasteiger partial charge in [-0.2, -0.15) is 0 Å². The Morgan fingerprint density at radius 2 is 2.38 bits per heavy atom. The van der Waals surface area contributed by atoms with Crippen LogP contribution in [0.15, 0.2) is 0 Å². The molecule has 1 aliphatic carbocycles. The van der Waals surface area contributed by atoms with Crippen LogP contribution in [0.2, 0.25) is 0 Å². The Hall–Kier alpha value is -0.705. The Labute approximate surface area is 77.8 Å². The molecule has 2 rings (SSSR count). The molecule has 1 saturated heterocycles. The molecular formula is C8H13BN2O2. The van der Waals surface area contributed by atoms with Crippen molar-refractivity contribution in [3.05, 3.63) is 0 Å². The van der Waals surface area contributed by atoms with Crippen molar-refractivity contribution >= 4 is 13.2 Å². The molecule has 0 aromatic carbocycles. The molecule has 0 amide bonds. The van der Waals surface area contributed by atoms with Crippen molar-refractivity contribution in [1.29, 1.82) is 5.31 Å². The summed E-state index contributed by atoms with van der Waals surface area (Å²) in [6, 6.07) is -0.158. The molecule has 13 heavy (non-hydrogen) atoms. The summed E-state index contributed by atoms with van der Waals surface area (Å²) < 4.78 is 4.57. The van der Waals surface area contributed by atoms with Crippen molar-refractivity contribution in [3.8, 4) is 0 Å². The van der Waals surface area contributed by atoms with Crippen LogP contribution in [0, 0.1) is 17.1 Å². The fourth-order valence-corrected chi connectivity index (χ4v) is 2.58. The van der Waals surface area contributed by atoms with Crippen LogP contribution in [0.1, 0.15) is 19.3 Å². The first-order valence-corrected chi connectivity index (χ1v) is 4.75. The minimum absolute atomic E-state index is 0.158. The Kier molecular flexibility index (Phi) is 2.44. The molecule has 4 nitrogen and oxygen atoms in total. The third kappa shape index (κ3) is 1.53. The summed E-state index contributed by atoms with van der Waals surface area (Å²) in [5.74, 6) is 0.820. The third-order valence-corrected chi connectivity index (χ3v) is 3.17. The van der Waals surface area contributed by atoms with Gasteiger partial charge in [-0.3, -0.25) is 0 Å². The summed E-state index contributed by atoms with van der Waals surface area (Å²) in [6.07, 6.45) is 3.58. The first-order valence-electron chi connectivity index (χ1n) is 4.75. The van der Waals surface area contributed by atoms with Gasteiger partial charge in [-0.1, -0.05) is 0 Å². The summed E-state index contributed by atoms with van der Waals surface area (Å²) in [5.41, 5.74) is 0. The monoisotopic (exact) mass is 180 g/mol. The van der Waals surface area contributed by atoms with Crippen LogP contribution in [0.25, 0.3) is 0 Å². The zero-order valence-corrected chi connectivity index (χ0v) is 7.45. The normalized spacial score (nSPS) is 36.8. The van der Waals surface area contributed by atoms with Crippen LogP contribution in [0.4, 0.5) is 0 Å². The van der Waals surface area contributed by atoms with Crippen LogP contribution >= 0.6 is 0 Å². The second kappa shape index (κ2) is 3.58. The van der Waals surface area contributed by atoms with Crippen LogP contribution in [-0.2, 0) is 9.45 Å². The Morgan fingerprint density at radius 1 is 1.54 bits per heavy atom. The molecule has 0 aromatic rings. The van der Waals surface area contributed by atoms with Crippen LogP contribution in [0.3, 0.4) is 0 Å². The maximum absolute atomic E-state index is 11.4. The molecule has 2 N–H and O–H groups in total. The number of rotatable bonds is 2. The quantitative estimate of drug-likeness (QED) is 0.600. The van der Waals surface area contributed by atoms with Gasteiger partial charge >= 0.3 is 77.0 Å². The number of nitrogens with one attached hydrogen (secondary N) is 2. The summed E-state index contributed by atoms with van der Waals surface area (Å²) >= 11 is 0. The average Bonchev–Trinajstić information content (AvgIpc) is 2.62. The molecule has 1 saturated carbocycles. The van der Waals surface area contributed by atoms with Gasteiger partial charge in [0.2, 0.25) is 0 Å². The van der Waals surface area contributed by atoms with Gasteiger partial charge in [-0.25, -0.2) is 0 Å². The molecule has 1 heterocycles. The average molecular weight is 180 g/mol. The van der Waals surface area contributed by atoms with Gasteiger partial charge in [0, 0.05) is 0 Å². The van der Waals surface area contributed by atoms with E-state index in [9.17, 15) is 4.79 Å². The van der Waals surface area contributed by atoms with E-state index >= 15 is 0 Å². The fraction of sp³-hybridized carbons (Fsp3) is 0.875. The van der Waals surface area contributed by atoms with Crippen molar-refractivity contribution in [2.75, 3.05) is 6.54 Å². The van der Waals surface area contributed by atoms with Crippen molar-refractivity contribution < 1.29 is 9.45 Å². The molecule has 0 spiro atoms. The van der Waals surface area contributed by atoms with Gasteiger partial charge in [-0.05, 0) is 0 Å². The van der Waals surface area contributed by atoms with E-state index in [-0.39, 0.29) is 12.0 Å². The number of carbonyl (C=O) groups is 1. The van der Waals surface area contributed by atoms with Gasteiger partial charge in [0.25, 0.3) is 0 Å². The zero-order valence-electron chi connectivity index (χ0n) is 7.45. The summed E-state index contributed by atoms with van der Waals surface area (Å²) in [7, 11) is 0.715. The molecule has 0 unspecified atom stereocenters. The van der Waals surface area contributed by atoms with Crippen molar-refractivity contribution in [3.63, 3.8) is 0 Å². The molecule has 3 atom stereocenters. The van der Waals surface area contributed by atoms with Crippen molar-refractivity contribution in [1.82, 2.24) is 5.32 Å². The van der Waals surface area contributed by atoms with E-state index < -0.39 is 0 Å². The Bertz CT molecular complexity index is 234. The molecule has 0 radical (unpaired) electrons. The van der Waals surface area contributed by atoms with Crippen molar-refractivity contribution in [2.24, 2.45) is 11.8 Å². The summed E-state index contributed by atoms with van der Waals surface area (Å²) in [6.45, 7) is 0.933. The number of hydrogen-bond acceptors (Lipinski definition) is 4.